The van der Waals surface area contributed by atoms with Gasteiger partial charge in [0, 0.05) is 25.5 Å². The first-order chi connectivity index (χ1) is 16.3. The van der Waals surface area contributed by atoms with Gasteiger partial charge in [0.1, 0.15) is 6.17 Å². The molecule has 2 nitrogen and oxygen atoms in total. The zero-order valence-corrected chi connectivity index (χ0v) is 23.3. The molecule has 0 aromatic rings. The fourth-order valence-electron chi connectivity index (χ4n) is 5.37. The largest absolute Gasteiger partial charge is 0.356 e. The van der Waals surface area contributed by atoms with Gasteiger partial charge in [0.15, 0.2) is 0 Å². The summed E-state index contributed by atoms with van der Waals surface area (Å²) in [5, 5.41) is 0. The SMILES string of the molecule is CCCCCCCCCCCCCCN1C=CN(CCC)C1CCCCCCCCCCC. The Morgan fingerprint density at radius 3 is 1.18 bits per heavy atom. The molecule has 0 N–H and O–H groups in total. The molecule has 1 atom stereocenters. The van der Waals surface area contributed by atoms with Crippen molar-refractivity contribution < 1.29 is 0 Å². The first-order valence-electron chi connectivity index (χ1n) is 15.5. The summed E-state index contributed by atoms with van der Waals surface area (Å²) in [6.45, 7) is 9.40. The van der Waals surface area contributed by atoms with Gasteiger partial charge in [0.25, 0.3) is 0 Å². The minimum absolute atomic E-state index is 0.641. The summed E-state index contributed by atoms with van der Waals surface area (Å²) in [6.07, 6.45) is 38.1. The molecular weight excluding hydrogens is 400 g/mol. The van der Waals surface area contributed by atoms with Gasteiger partial charge in [-0.2, -0.15) is 0 Å². The minimum atomic E-state index is 0.641. The summed E-state index contributed by atoms with van der Waals surface area (Å²) >= 11 is 0. The smallest absolute Gasteiger partial charge is 0.101 e. The van der Waals surface area contributed by atoms with E-state index in [0.29, 0.717) is 6.17 Å². The third-order valence-corrected chi connectivity index (χ3v) is 7.53. The van der Waals surface area contributed by atoms with E-state index in [0.717, 1.165) is 0 Å². The van der Waals surface area contributed by atoms with Crippen molar-refractivity contribution >= 4 is 0 Å². The number of hydrogen-bond donors (Lipinski definition) is 0. The van der Waals surface area contributed by atoms with Gasteiger partial charge < -0.3 is 9.80 Å². The maximum Gasteiger partial charge on any atom is 0.101 e. The topological polar surface area (TPSA) is 6.48 Å². The Morgan fingerprint density at radius 2 is 0.758 bits per heavy atom. The van der Waals surface area contributed by atoms with Crippen LogP contribution < -0.4 is 0 Å². The van der Waals surface area contributed by atoms with E-state index in [4.69, 9.17) is 0 Å². The van der Waals surface area contributed by atoms with Crippen molar-refractivity contribution in [2.45, 2.75) is 175 Å². The molecule has 0 aliphatic carbocycles. The summed E-state index contributed by atoms with van der Waals surface area (Å²) in [7, 11) is 0. The van der Waals surface area contributed by atoms with Crippen molar-refractivity contribution in [1.29, 1.82) is 0 Å². The van der Waals surface area contributed by atoms with Gasteiger partial charge in [0.05, 0.1) is 0 Å². The molecule has 2 heteroatoms. The number of hydrogen-bond acceptors (Lipinski definition) is 2. The Kier molecular flexibility index (Phi) is 21.3. The monoisotopic (exact) mass is 462 g/mol. The molecule has 1 heterocycles. The average Bonchev–Trinajstić information content (AvgIpc) is 3.20. The first-order valence-corrected chi connectivity index (χ1v) is 15.5. The molecule has 33 heavy (non-hydrogen) atoms. The number of unbranched alkanes of at least 4 members (excludes halogenated alkanes) is 19. The summed E-state index contributed by atoms with van der Waals surface area (Å²) in [5.41, 5.74) is 0. The highest BCUT2D eigenvalue weighted by Gasteiger charge is 2.24. The van der Waals surface area contributed by atoms with Crippen LogP contribution in [0, 0.1) is 0 Å². The van der Waals surface area contributed by atoms with Crippen LogP contribution in [-0.2, 0) is 0 Å². The van der Waals surface area contributed by atoms with Gasteiger partial charge in [-0.1, -0.05) is 143 Å². The van der Waals surface area contributed by atoms with E-state index >= 15 is 0 Å². The molecule has 0 aromatic carbocycles. The molecular formula is C31H62N2. The summed E-state index contributed by atoms with van der Waals surface area (Å²) in [6, 6.07) is 0. The lowest BCUT2D eigenvalue weighted by Crippen LogP contribution is -2.39. The summed E-state index contributed by atoms with van der Waals surface area (Å²) in [4.78, 5) is 5.28. The van der Waals surface area contributed by atoms with Crippen LogP contribution in [0.4, 0.5) is 0 Å². The third kappa shape index (κ3) is 16.6. The van der Waals surface area contributed by atoms with Crippen molar-refractivity contribution in [3.63, 3.8) is 0 Å². The molecule has 0 radical (unpaired) electrons. The van der Waals surface area contributed by atoms with E-state index in [1.807, 2.05) is 0 Å². The maximum absolute atomic E-state index is 2.66. The average molecular weight is 463 g/mol. The molecule has 1 rings (SSSR count). The molecule has 1 aliphatic rings. The zero-order chi connectivity index (χ0) is 23.8. The molecule has 0 amide bonds. The fourth-order valence-corrected chi connectivity index (χ4v) is 5.37. The Morgan fingerprint density at radius 1 is 0.394 bits per heavy atom. The van der Waals surface area contributed by atoms with Gasteiger partial charge >= 0.3 is 0 Å². The van der Waals surface area contributed by atoms with E-state index in [9.17, 15) is 0 Å². The van der Waals surface area contributed by atoms with Crippen molar-refractivity contribution in [2.75, 3.05) is 13.1 Å². The highest BCUT2D eigenvalue weighted by Crippen LogP contribution is 2.23. The Hall–Kier alpha value is -0.660. The van der Waals surface area contributed by atoms with Crippen LogP contribution >= 0.6 is 0 Å². The number of nitrogens with zero attached hydrogens (tertiary/aromatic N) is 2. The van der Waals surface area contributed by atoms with E-state index < -0.39 is 0 Å². The lowest BCUT2D eigenvalue weighted by atomic mass is 10.0. The van der Waals surface area contributed by atoms with Gasteiger partial charge in [-0.25, -0.2) is 0 Å². The van der Waals surface area contributed by atoms with Crippen LogP contribution in [-0.4, -0.2) is 29.1 Å². The summed E-state index contributed by atoms with van der Waals surface area (Å²) < 4.78 is 0. The Labute approximate surface area is 210 Å². The normalized spacial score (nSPS) is 15.8. The zero-order valence-electron chi connectivity index (χ0n) is 23.3. The molecule has 0 bridgehead atoms. The number of rotatable bonds is 25. The predicted molar refractivity (Wildman–Crippen MR) is 150 cm³/mol. The summed E-state index contributed by atoms with van der Waals surface area (Å²) in [5.74, 6) is 0. The molecule has 196 valence electrons. The first kappa shape index (κ1) is 30.4. The highest BCUT2D eigenvalue weighted by atomic mass is 15.4. The maximum atomic E-state index is 2.66. The van der Waals surface area contributed by atoms with Gasteiger partial charge in [-0.05, 0) is 25.7 Å². The molecule has 1 unspecified atom stereocenters. The molecule has 0 spiro atoms. The lowest BCUT2D eigenvalue weighted by molar-refractivity contribution is 0.137. The second-order valence-corrected chi connectivity index (χ2v) is 10.8. The van der Waals surface area contributed by atoms with Crippen molar-refractivity contribution in [2.24, 2.45) is 0 Å². The quantitative estimate of drug-likeness (QED) is 0.124. The fraction of sp³-hybridized carbons (Fsp3) is 0.935. The van der Waals surface area contributed by atoms with Gasteiger partial charge in [-0.15, -0.1) is 0 Å². The van der Waals surface area contributed by atoms with Crippen molar-refractivity contribution in [3.05, 3.63) is 12.4 Å². The van der Waals surface area contributed by atoms with Crippen LogP contribution in [0.1, 0.15) is 168 Å². The molecule has 0 fully saturated rings. The van der Waals surface area contributed by atoms with Crippen molar-refractivity contribution in [1.82, 2.24) is 9.80 Å². The second kappa shape index (κ2) is 23.1. The lowest BCUT2D eigenvalue weighted by Gasteiger charge is -2.33. The molecule has 0 saturated carbocycles. The van der Waals surface area contributed by atoms with Gasteiger partial charge in [0.2, 0.25) is 0 Å². The predicted octanol–water partition coefficient (Wildman–Crippen LogP) is 10.4. The van der Waals surface area contributed by atoms with Crippen LogP contribution in [0.3, 0.4) is 0 Å². The second-order valence-electron chi connectivity index (χ2n) is 10.8. The standard InChI is InChI=1S/C31H62N2/c1-4-7-9-11-13-15-16-17-19-21-23-25-28-33-30-29-32(27-6-3)31(33)26-24-22-20-18-14-12-10-8-5-2/h29-31H,4-28H2,1-3H3. The van der Waals surface area contributed by atoms with Crippen LogP contribution in [0.2, 0.25) is 0 Å². The van der Waals surface area contributed by atoms with Crippen LogP contribution in [0.25, 0.3) is 0 Å². The Bertz CT molecular complexity index is 419. The molecule has 0 saturated heterocycles. The molecule has 0 aromatic heterocycles. The highest BCUT2D eigenvalue weighted by molar-refractivity contribution is 4.96. The van der Waals surface area contributed by atoms with Crippen LogP contribution in [0.15, 0.2) is 12.4 Å². The van der Waals surface area contributed by atoms with E-state index in [-0.39, 0.29) is 0 Å². The van der Waals surface area contributed by atoms with E-state index in [1.54, 1.807) is 0 Å². The third-order valence-electron chi connectivity index (χ3n) is 7.53. The van der Waals surface area contributed by atoms with E-state index in [1.165, 1.54) is 161 Å². The minimum Gasteiger partial charge on any atom is -0.356 e. The van der Waals surface area contributed by atoms with Crippen molar-refractivity contribution in [3.8, 4) is 0 Å². The van der Waals surface area contributed by atoms with E-state index in [2.05, 4.69) is 43.0 Å². The van der Waals surface area contributed by atoms with Gasteiger partial charge in [-0.3, -0.25) is 0 Å². The Balaban J connectivity index is 2.06. The molecule has 1 aliphatic heterocycles. The van der Waals surface area contributed by atoms with Crippen LogP contribution in [0.5, 0.6) is 0 Å².